The van der Waals surface area contributed by atoms with E-state index < -0.39 is 8.07 Å². The van der Waals surface area contributed by atoms with E-state index in [0.29, 0.717) is 6.23 Å². The fourth-order valence-electron chi connectivity index (χ4n) is 1.26. The lowest BCUT2D eigenvalue weighted by Gasteiger charge is -2.24. The summed E-state index contributed by atoms with van der Waals surface area (Å²) in [5, 5.41) is 0. The second-order valence-electron chi connectivity index (χ2n) is 3.73. The van der Waals surface area contributed by atoms with E-state index in [2.05, 4.69) is 27.0 Å². The minimum Gasteiger partial charge on any atom is -0.466 e. The van der Waals surface area contributed by atoms with Gasteiger partial charge in [0, 0.05) is 6.08 Å². The highest BCUT2D eigenvalue weighted by atomic mass is 28.3. The summed E-state index contributed by atoms with van der Waals surface area (Å²) in [6.45, 7) is 10.0. The van der Waals surface area contributed by atoms with E-state index in [9.17, 15) is 4.79 Å². The number of carbonyl (C=O) groups excluding carboxylic acids is 1. The minimum absolute atomic E-state index is 0.289. The smallest absolute Gasteiger partial charge is 0.329 e. The summed E-state index contributed by atoms with van der Waals surface area (Å²) >= 11 is 0. The van der Waals surface area contributed by atoms with Crippen LogP contribution in [0, 0.1) is 0 Å². The van der Waals surface area contributed by atoms with Crippen LogP contribution in [0.4, 0.5) is 0 Å². The lowest BCUT2D eigenvalue weighted by molar-refractivity contribution is -0.136. The maximum Gasteiger partial charge on any atom is 0.329 e. The SMILES string of the molecule is C=CC(=O)OC[Si](C)(CC)CCC. The van der Waals surface area contributed by atoms with E-state index in [-0.39, 0.29) is 5.97 Å². The van der Waals surface area contributed by atoms with Crippen molar-refractivity contribution in [2.24, 2.45) is 0 Å². The summed E-state index contributed by atoms with van der Waals surface area (Å²) in [6.07, 6.45) is 3.06. The number of rotatable bonds is 6. The number of esters is 1. The van der Waals surface area contributed by atoms with Crippen LogP contribution < -0.4 is 0 Å². The number of hydrogen-bond donors (Lipinski definition) is 0. The van der Waals surface area contributed by atoms with Gasteiger partial charge in [0.05, 0.1) is 14.3 Å². The fourth-order valence-corrected chi connectivity index (χ4v) is 3.66. The van der Waals surface area contributed by atoms with Crippen LogP contribution in [0.15, 0.2) is 12.7 Å². The van der Waals surface area contributed by atoms with Gasteiger partial charge in [-0.2, -0.15) is 0 Å². The Labute approximate surface area is 82.0 Å². The minimum atomic E-state index is -1.29. The molecule has 0 bridgehead atoms. The quantitative estimate of drug-likeness (QED) is 0.374. The zero-order valence-corrected chi connectivity index (χ0v) is 9.93. The van der Waals surface area contributed by atoms with E-state index in [1.54, 1.807) is 0 Å². The van der Waals surface area contributed by atoms with Crippen molar-refractivity contribution in [2.45, 2.75) is 38.9 Å². The first-order valence-corrected chi connectivity index (χ1v) is 7.99. The maximum absolute atomic E-state index is 10.9. The van der Waals surface area contributed by atoms with Crippen molar-refractivity contribution in [3.8, 4) is 0 Å². The Balaban J connectivity index is 3.96. The Bertz CT molecular complexity index is 180. The molecule has 0 rings (SSSR count). The summed E-state index contributed by atoms with van der Waals surface area (Å²) in [7, 11) is -1.29. The predicted octanol–water partition coefficient (Wildman–Crippen LogP) is 2.76. The Morgan fingerprint density at radius 1 is 1.54 bits per heavy atom. The van der Waals surface area contributed by atoms with Crippen LogP contribution in [-0.4, -0.2) is 20.3 Å². The summed E-state index contributed by atoms with van der Waals surface area (Å²) in [4.78, 5) is 10.9. The maximum atomic E-state index is 10.9. The lowest BCUT2D eigenvalue weighted by atomic mass is 10.6. The summed E-state index contributed by atoms with van der Waals surface area (Å²) in [5.74, 6) is -0.289. The van der Waals surface area contributed by atoms with E-state index >= 15 is 0 Å². The summed E-state index contributed by atoms with van der Waals surface area (Å²) in [6, 6.07) is 2.40. The molecule has 0 fully saturated rings. The van der Waals surface area contributed by atoms with Gasteiger partial charge >= 0.3 is 5.97 Å². The van der Waals surface area contributed by atoms with Crippen LogP contribution in [0.2, 0.25) is 18.6 Å². The molecular formula is C10H20O2Si. The van der Waals surface area contributed by atoms with E-state index in [0.717, 1.165) is 0 Å². The molecule has 0 aliphatic heterocycles. The Morgan fingerprint density at radius 3 is 2.54 bits per heavy atom. The highest BCUT2D eigenvalue weighted by Crippen LogP contribution is 2.17. The molecule has 1 atom stereocenters. The molecule has 0 heterocycles. The molecule has 0 radical (unpaired) electrons. The van der Waals surface area contributed by atoms with Crippen molar-refractivity contribution in [3.05, 3.63) is 12.7 Å². The lowest BCUT2D eigenvalue weighted by Crippen LogP contribution is -2.36. The Hall–Kier alpha value is -0.573. The summed E-state index contributed by atoms with van der Waals surface area (Å²) in [5.41, 5.74) is 0. The van der Waals surface area contributed by atoms with Crippen molar-refractivity contribution >= 4 is 14.0 Å². The normalized spacial score (nSPS) is 14.7. The second-order valence-corrected chi connectivity index (χ2v) is 8.84. The van der Waals surface area contributed by atoms with Gasteiger partial charge in [-0.15, -0.1) is 0 Å². The van der Waals surface area contributed by atoms with Crippen molar-refractivity contribution in [1.29, 1.82) is 0 Å². The number of carbonyl (C=O) groups is 1. The van der Waals surface area contributed by atoms with Crippen LogP contribution in [0.5, 0.6) is 0 Å². The average Bonchev–Trinajstić information content (AvgIpc) is 2.15. The second kappa shape index (κ2) is 5.97. The number of ether oxygens (including phenoxy) is 1. The first-order chi connectivity index (χ1) is 6.08. The molecular weight excluding hydrogens is 180 g/mol. The molecule has 0 saturated carbocycles. The topological polar surface area (TPSA) is 26.3 Å². The molecule has 3 heteroatoms. The van der Waals surface area contributed by atoms with E-state index in [1.807, 2.05) is 0 Å². The monoisotopic (exact) mass is 200 g/mol. The molecule has 0 aliphatic rings. The summed E-state index contributed by atoms with van der Waals surface area (Å²) < 4.78 is 5.10. The highest BCUT2D eigenvalue weighted by Gasteiger charge is 2.25. The van der Waals surface area contributed by atoms with Crippen LogP contribution in [0.3, 0.4) is 0 Å². The molecule has 0 amide bonds. The molecule has 0 spiro atoms. The van der Waals surface area contributed by atoms with Gasteiger partial charge in [0.1, 0.15) is 0 Å². The first kappa shape index (κ1) is 12.4. The first-order valence-electron chi connectivity index (χ1n) is 4.87. The standard InChI is InChI=1S/C10H20O2Si/c1-5-8-13(4,7-3)9-12-10(11)6-2/h6H,2,5,7-9H2,1,3-4H3. The molecule has 0 saturated heterocycles. The van der Waals surface area contributed by atoms with Crippen molar-refractivity contribution in [2.75, 3.05) is 6.23 Å². The van der Waals surface area contributed by atoms with Crippen molar-refractivity contribution < 1.29 is 9.53 Å². The van der Waals surface area contributed by atoms with Crippen LogP contribution in [0.25, 0.3) is 0 Å². The van der Waals surface area contributed by atoms with Crippen LogP contribution >= 0.6 is 0 Å². The van der Waals surface area contributed by atoms with Gasteiger partial charge in [0.15, 0.2) is 0 Å². The largest absolute Gasteiger partial charge is 0.466 e. The Morgan fingerprint density at radius 2 is 2.15 bits per heavy atom. The molecule has 2 nitrogen and oxygen atoms in total. The third kappa shape index (κ3) is 4.88. The zero-order valence-electron chi connectivity index (χ0n) is 8.93. The molecule has 0 N–H and O–H groups in total. The number of hydrogen-bond acceptors (Lipinski definition) is 2. The molecule has 76 valence electrons. The zero-order chi connectivity index (χ0) is 10.3. The molecule has 13 heavy (non-hydrogen) atoms. The van der Waals surface area contributed by atoms with Gasteiger partial charge in [-0.1, -0.05) is 45.5 Å². The van der Waals surface area contributed by atoms with Crippen LogP contribution in [0.1, 0.15) is 20.3 Å². The van der Waals surface area contributed by atoms with Crippen molar-refractivity contribution in [1.82, 2.24) is 0 Å². The average molecular weight is 200 g/mol. The molecule has 0 aliphatic carbocycles. The van der Waals surface area contributed by atoms with Gasteiger partial charge in [0.2, 0.25) is 0 Å². The van der Waals surface area contributed by atoms with Crippen LogP contribution in [-0.2, 0) is 9.53 Å². The molecule has 0 aromatic carbocycles. The van der Waals surface area contributed by atoms with Crippen molar-refractivity contribution in [3.63, 3.8) is 0 Å². The fraction of sp³-hybridized carbons (Fsp3) is 0.700. The molecule has 1 unspecified atom stereocenters. The molecule has 0 aromatic heterocycles. The van der Waals surface area contributed by atoms with E-state index in [4.69, 9.17) is 4.74 Å². The van der Waals surface area contributed by atoms with Gasteiger partial charge < -0.3 is 4.74 Å². The Kier molecular flexibility index (Phi) is 5.71. The third-order valence-corrected chi connectivity index (χ3v) is 6.69. The van der Waals surface area contributed by atoms with Gasteiger partial charge in [-0.05, 0) is 0 Å². The molecule has 0 aromatic rings. The highest BCUT2D eigenvalue weighted by molar-refractivity contribution is 6.78. The van der Waals surface area contributed by atoms with Gasteiger partial charge in [-0.25, -0.2) is 4.79 Å². The predicted molar refractivity (Wildman–Crippen MR) is 58.4 cm³/mol. The van der Waals surface area contributed by atoms with E-state index in [1.165, 1.54) is 24.6 Å². The third-order valence-electron chi connectivity index (χ3n) is 2.44. The van der Waals surface area contributed by atoms with Gasteiger partial charge in [0.25, 0.3) is 0 Å². The van der Waals surface area contributed by atoms with Gasteiger partial charge in [-0.3, -0.25) is 0 Å².